The molecule has 0 saturated heterocycles. The first-order valence-electron chi connectivity index (χ1n) is 10.4. The molecule has 1 aliphatic rings. The minimum absolute atomic E-state index is 0.0869. The van der Waals surface area contributed by atoms with E-state index in [1.807, 2.05) is 6.92 Å². The van der Waals surface area contributed by atoms with Gasteiger partial charge in [-0.05, 0) is 48.2 Å². The van der Waals surface area contributed by atoms with Gasteiger partial charge in [0.25, 0.3) is 0 Å². The highest BCUT2D eigenvalue weighted by molar-refractivity contribution is 5.93. The van der Waals surface area contributed by atoms with Gasteiger partial charge in [0.05, 0.1) is 17.6 Å². The molecule has 2 aromatic rings. The van der Waals surface area contributed by atoms with Crippen LogP contribution in [-0.4, -0.2) is 35.6 Å². The molecule has 5 nitrogen and oxygen atoms in total. The summed E-state index contributed by atoms with van der Waals surface area (Å²) in [6.07, 6.45) is -4.48. The second-order valence-electron chi connectivity index (χ2n) is 7.91. The molecule has 3 rings (SSSR count). The number of halogens is 5. The fourth-order valence-corrected chi connectivity index (χ4v) is 3.51. The second kappa shape index (κ2) is 9.76. The fraction of sp³-hybridized carbons (Fsp3) is 0.391. The minimum atomic E-state index is -4.64. The van der Waals surface area contributed by atoms with E-state index in [1.165, 1.54) is 6.92 Å². The van der Waals surface area contributed by atoms with Crippen LogP contribution in [0.5, 0.6) is 5.75 Å². The van der Waals surface area contributed by atoms with Crippen molar-refractivity contribution in [2.75, 3.05) is 11.6 Å². The second-order valence-corrected chi connectivity index (χ2v) is 7.91. The normalized spacial score (nSPS) is 17.1. The Morgan fingerprint density at radius 1 is 1.18 bits per heavy atom. The Balaban J connectivity index is 1.79. The first-order chi connectivity index (χ1) is 15.5. The van der Waals surface area contributed by atoms with Gasteiger partial charge >= 0.3 is 12.1 Å². The van der Waals surface area contributed by atoms with Gasteiger partial charge in [0.2, 0.25) is 0 Å². The van der Waals surface area contributed by atoms with Crippen LogP contribution in [0.4, 0.5) is 27.6 Å². The zero-order valence-corrected chi connectivity index (χ0v) is 18.0. The summed E-state index contributed by atoms with van der Waals surface area (Å²) in [5.41, 5.74) is 0.522. The maximum Gasteiger partial charge on any atom is 0.431 e. The number of aliphatic carboxylic acids is 1. The molecule has 1 N–H and O–H groups in total. The van der Waals surface area contributed by atoms with Gasteiger partial charge in [-0.2, -0.15) is 18.3 Å². The van der Waals surface area contributed by atoms with Crippen molar-refractivity contribution >= 4 is 17.4 Å². The van der Waals surface area contributed by atoms with Crippen LogP contribution >= 0.6 is 0 Å². The maximum atomic E-state index is 14.5. The Morgan fingerprint density at radius 3 is 2.30 bits per heavy atom. The van der Waals surface area contributed by atoms with Crippen LogP contribution in [-0.2, 0) is 17.6 Å². The molecule has 1 aliphatic heterocycles. The van der Waals surface area contributed by atoms with E-state index in [9.17, 15) is 26.7 Å². The molecule has 178 valence electrons. The van der Waals surface area contributed by atoms with Gasteiger partial charge in [-0.1, -0.05) is 26.0 Å². The van der Waals surface area contributed by atoms with Crippen LogP contribution in [0.2, 0.25) is 0 Å². The molecule has 0 radical (unpaired) electrons. The number of carboxylic acid groups (broad SMARTS) is 1. The van der Waals surface area contributed by atoms with Gasteiger partial charge < -0.3 is 9.84 Å². The topological polar surface area (TPSA) is 62.1 Å². The zero-order valence-electron chi connectivity index (χ0n) is 18.0. The summed E-state index contributed by atoms with van der Waals surface area (Å²) in [5.74, 6) is -4.80. The predicted molar refractivity (Wildman–Crippen MR) is 113 cm³/mol. The summed E-state index contributed by atoms with van der Waals surface area (Å²) in [6, 6.07) is 7.80. The summed E-state index contributed by atoms with van der Waals surface area (Å²) in [5, 5.41) is 13.8. The summed E-state index contributed by atoms with van der Waals surface area (Å²) < 4.78 is 74.0. The number of carboxylic acids is 1. The smallest absolute Gasteiger partial charge is 0.431 e. The van der Waals surface area contributed by atoms with Crippen molar-refractivity contribution in [1.82, 2.24) is 0 Å². The van der Waals surface area contributed by atoms with Crippen molar-refractivity contribution in [2.24, 2.45) is 11.0 Å². The van der Waals surface area contributed by atoms with Crippen molar-refractivity contribution in [3.63, 3.8) is 0 Å². The standard InChI is InChI=1S/C23H23F5N2O3/c1-3-14-4-6-16(7-5-14)30-17(11-20(29-30)23(26,27)28)12-33-21-18(24)9-15(10-19(21)25)8-13(2)22(31)32/h4-7,9-10,13,17H,3,8,11-12H2,1-2H3,(H,31,32). The van der Waals surface area contributed by atoms with E-state index in [1.54, 1.807) is 24.3 Å². The fourth-order valence-electron chi connectivity index (χ4n) is 3.51. The number of nitrogens with zero attached hydrogens (tertiary/aromatic N) is 2. The highest BCUT2D eigenvalue weighted by Gasteiger charge is 2.43. The molecule has 0 amide bonds. The van der Waals surface area contributed by atoms with Gasteiger partial charge in [0, 0.05) is 6.42 Å². The molecule has 0 aromatic heterocycles. The average Bonchev–Trinajstić information content (AvgIpc) is 3.18. The van der Waals surface area contributed by atoms with Crippen molar-refractivity contribution in [3.05, 3.63) is 59.2 Å². The van der Waals surface area contributed by atoms with Crippen LogP contribution < -0.4 is 9.75 Å². The number of hydrogen-bond acceptors (Lipinski definition) is 4. The van der Waals surface area contributed by atoms with Crippen molar-refractivity contribution < 1.29 is 36.6 Å². The minimum Gasteiger partial charge on any atom is -0.485 e. The Labute approximate surface area is 187 Å². The largest absolute Gasteiger partial charge is 0.485 e. The summed E-state index contributed by atoms with van der Waals surface area (Å²) in [6.45, 7) is 2.90. The number of ether oxygens (including phenoxy) is 1. The van der Waals surface area contributed by atoms with Gasteiger partial charge in [-0.3, -0.25) is 9.80 Å². The number of hydrogen-bond donors (Lipinski definition) is 1. The third-order valence-electron chi connectivity index (χ3n) is 5.38. The van der Waals surface area contributed by atoms with Crippen LogP contribution in [0.1, 0.15) is 31.4 Å². The first-order valence-corrected chi connectivity index (χ1v) is 10.4. The highest BCUT2D eigenvalue weighted by Crippen LogP contribution is 2.33. The Hall–Kier alpha value is -3.17. The lowest BCUT2D eigenvalue weighted by Crippen LogP contribution is -2.33. The monoisotopic (exact) mass is 470 g/mol. The lowest BCUT2D eigenvalue weighted by Gasteiger charge is -2.24. The predicted octanol–water partition coefficient (Wildman–Crippen LogP) is 5.37. The van der Waals surface area contributed by atoms with E-state index in [2.05, 4.69) is 5.10 Å². The Kier molecular flexibility index (Phi) is 7.24. The lowest BCUT2D eigenvalue weighted by atomic mass is 10.0. The molecule has 10 heteroatoms. The van der Waals surface area contributed by atoms with E-state index in [0.717, 1.165) is 29.1 Å². The number of carbonyl (C=O) groups is 1. The molecule has 2 aromatic carbocycles. The molecule has 0 fully saturated rings. The Morgan fingerprint density at radius 2 is 1.79 bits per heavy atom. The number of hydrazone groups is 1. The molecule has 2 unspecified atom stereocenters. The quantitative estimate of drug-likeness (QED) is 0.528. The molecule has 2 atom stereocenters. The van der Waals surface area contributed by atoms with Crippen LogP contribution in [0, 0.1) is 17.6 Å². The molecular formula is C23H23F5N2O3. The molecular weight excluding hydrogens is 447 g/mol. The number of aryl methyl sites for hydroxylation is 1. The molecule has 1 heterocycles. The zero-order chi connectivity index (χ0) is 24.3. The molecule has 0 saturated carbocycles. The van der Waals surface area contributed by atoms with E-state index in [0.29, 0.717) is 5.69 Å². The lowest BCUT2D eigenvalue weighted by molar-refractivity contribution is -0.141. The summed E-state index contributed by atoms with van der Waals surface area (Å²) >= 11 is 0. The van der Waals surface area contributed by atoms with Crippen molar-refractivity contribution in [3.8, 4) is 5.75 Å². The highest BCUT2D eigenvalue weighted by atomic mass is 19.4. The third kappa shape index (κ3) is 5.80. The van der Waals surface area contributed by atoms with E-state index in [4.69, 9.17) is 9.84 Å². The molecule has 0 bridgehead atoms. The third-order valence-corrected chi connectivity index (χ3v) is 5.38. The van der Waals surface area contributed by atoms with E-state index < -0.39 is 60.2 Å². The van der Waals surface area contributed by atoms with Crippen LogP contribution in [0.25, 0.3) is 0 Å². The summed E-state index contributed by atoms with van der Waals surface area (Å²) in [4.78, 5) is 11.0. The SMILES string of the molecule is CCc1ccc(N2N=C(C(F)(F)F)CC2COc2c(F)cc(CC(C)C(=O)O)cc2F)cc1. The van der Waals surface area contributed by atoms with Crippen molar-refractivity contribution in [1.29, 1.82) is 0 Å². The van der Waals surface area contributed by atoms with Gasteiger partial charge in [0.1, 0.15) is 12.3 Å². The van der Waals surface area contributed by atoms with Gasteiger partial charge in [0.15, 0.2) is 17.4 Å². The Bertz CT molecular complexity index is 1010. The van der Waals surface area contributed by atoms with Gasteiger partial charge in [-0.15, -0.1) is 0 Å². The van der Waals surface area contributed by atoms with Gasteiger partial charge in [-0.25, -0.2) is 8.78 Å². The number of anilines is 1. The van der Waals surface area contributed by atoms with E-state index >= 15 is 0 Å². The number of benzene rings is 2. The molecule has 0 aliphatic carbocycles. The molecule has 0 spiro atoms. The van der Waals surface area contributed by atoms with E-state index in [-0.39, 0.29) is 12.0 Å². The first kappa shape index (κ1) is 24.5. The number of rotatable bonds is 8. The maximum absolute atomic E-state index is 14.5. The summed E-state index contributed by atoms with van der Waals surface area (Å²) in [7, 11) is 0. The van der Waals surface area contributed by atoms with Crippen LogP contribution in [0.3, 0.4) is 0 Å². The average molecular weight is 470 g/mol. The van der Waals surface area contributed by atoms with Crippen molar-refractivity contribution in [2.45, 2.75) is 45.3 Å². The molecule has 33 heavy (non-hydrogen) atoms. The van der Waals surface area contributed by atoms with Crippen LogP contribution in [0.15, 0.2) is 41.5 Å². The number of alkyl halides is 3.